The van der Waals surface area contributed by atoms with Gasteiger partial charge in [-0.1, -0.05) is 40.8 Å². The van der Waals surface area contributed by atoms with Crippen LogP contribution in [0.4, 0.5) is 0 Å². The van der Waals surface area contributed by atoms with Crippen LogP contribution in [0.1, 0.15) is 41.5 Å². The Bertz CT molecular complexity index is 347. The minimum atomic E-state index is -1.46. The number of nitrogens with zero attached hydrogens (tertiary/aromatic N) is 2. The zero-order valence-corrected chi connectivity index (χ0v) is 19.7. The Morgan fingerprint density at radius 2 is 1.50 bits per heavy atom. The van der Waals surface area contributed by atoms with Gasteiger partial charge < -0.3 is 18.3 Å². The van der Waals surface area contributed by atoms with Gasteiger partial charge in [0.25, 0.3) is 0 Å². The highest BCUT2D eigenvalue weighted by Gasteiger charge is 2.41. The molecule has 0 bridgehead atoms. The van der Waals surface area contributed by atoms with Crippen LogP contribution in [-0.4, -0.2) is 72.9 Å². The number of hydrogen-bond acceptors (Lipinski definition) is 4. The van der Waals surface area contributed by atoms with Crippen molar-refractivity contribution in [2.75, 3.05) is 45.9 Å². The molecule has 1 saturated heterocycles. The first kappa shape index (κ1) is 22.3. The Hall–Kier alpha value is 0.274. The first-order valence-corrected chi connectivity index (χ1v) is 14.5. The Morgan fingerprint density at radius 3 is 1.92 bits per heavy atom. The summed E-state index contributed by atoms with van der Waals surface area (Å²) in [6, 6.07) is 1.13. The molecule has 1 atom stereocenters. The van der Waals surface area contributed by atoms with Crippen LogP contribution in [0, 0.1) is 5.92 Å². The van der Waals surface area contributed by atoms with E-state index in [1.165, 1.54) is 32.7 Å². The molecular formula is C18H42N2O2Si2. The second kappa shape index (κ2) is 9.83. The summed E-state index contributed by atoms with van der Waals surface area (Å²) in [5, 5.41) is 0.441. The summed E-state index contributed by atoms with van der Waals surface area (Å²) in [6.45, 7) is 26.5. The summed E-state index contributed by atoms with van der Waals surface area (Å²) in [5.74, 6) is 0.666. The van der Waals surface area contributed by atoms with Crippen molar-refractivity contribution in [3.63, 3.8) is 0 Å². The van der Waals surface area contributed by atoms with Gasteiger partial charge in [0.05, 0.1) is 0 Å². The molecule has 1 aliphatic heterocycles. The van der Waals surface area contributed by atoms with E-state index < -0.39 is 17.5 Å². The van der Waals surface area contributed by atoms with Crippen molar-refractivity contribution < 1.29 is 8.85 Å². The van der Waals surface area contributed by atoms with Crippen molar-refractivity contribution >= 4 is 17.5 Å². The quantitative estimate of drug-likeness (QED) is 0.576. The third kappa shape index (κ3) is 6.54. The molecule has 1 unspecified atom stereocenters. The fraction of sp³-hybridized carbons (Fsp3) is 1.00. The van der Waals surface area contributed by atoms with Crippen LogP contribution in [-0.2, 0) is 8.85 Å². The van der Waals surface area contributed by atoms with E-state index in [2.05, 4.69) is 64.1 Å². The van der Waals surface area contributed by atoms with E-state index in [-0.39, 0.29) is 0 Å². The number of piperazine rings is 1. The van der Waals surface area contributed by atoms with Gasteiger partial charge in [0.1, 0.15) is 8.24 Å². The summed E-state index contributed by atoms with van der Waals surface area (Å²) in [4.78, 5) is 2.65. The Balaban J connectivity index is 2.42. The third-order valence-corrected chi connectivity index (χ3v) is 14.2. The second-order valence-corrected chi connectivity index (χ2v) is 16.0. The summed E-state index contributed by atoms with van der Waals surface area (Å²) in [5.41, 5.74) is 0. The van der Waals surface area contributed by atoms with Crippen LogP contribution in [0.25, 0.3) is 0 Å². The van der Waals surface area contributed by atoms with Gasteiger partial charge in [-0.15, -0.1) is 0 Å². The molecule has 1 rings (SSSR count). The third-order valence-electron chi connectivity index (χ3n) is 5.87. The van der Waals surface area contributed by atoms with E-state index in [0.29, 0.717) is 11.0 Å². The van der Waals surface area contributed by atoms with E-state index in [0.717, 1.165) is 19.3 Å². The molecule has 144 valence electrons. The van der Waals surface area contributed by atoms with Gasteiger partial charge in [-0.3, -0.25) is 0 Å². The predicted molar refractivity (Wildman–Crippen MR) is 110 cm³/mol. The van der Waals surface area contributed by atoms with Crippen molar-refractivity contribution in [2.24, 2.45) is 5.92 Å². The molecule has 0 spiro atoms. The highest BCUT2D eigenvalue weighted by atomic mass is 28.3. The fourth-order valence-electron chi connectivity index (χ4n) is 3.36. The molecule has 0 aromatic heterocycles. The van der Waals surface area contributed by atoms with E-state index in [1.807, 2.05) is 0 Å². The van der Waals surface area contributed by atoms with Gasteiger partial charge in [0.15, 0.2) is 0 Å². The molecule has 0 N–H and O–H groups in total. The Labute approximate surface area is 153 Å². The van der Waals surface area contributed by atoms with Crippen LogP contribution in [0.3, 0.4) is 0 Å². The average Bonchev–Trinajstić information content (AvgIpc) is 2.47. The maximum absolute atomic E-state index is 5.84. The van der Waals surface area contributed by atoms with Crippen LogP contribution < -0.4 is 0 Å². The maximum Gasteiger partial charge on any atom is 0.321 e. The smallest absolute Gasteiger partial charge is 0.321 e. The molecule has 24 heavy (non-hydrogen) atoms. The normalized spacial score (nSPS) is 19.9. The summed E-state index contributed by atoms with van der Waals surface area (Å²) in [6.07, 6.45) is 0. The SMILES string of the molecule is CCO[SiH](CC(C)CN1CCN([Si](C)(C)C(C)(C)C)CC1)OCC. The van der Waals surface area contributed by atoms with Crippen LogP contribution in [0.5, 0.6) is 0 Å². The predicted octanol–water partition coefficient (Wildman–Crippen LogP) is 3.54. The fourth-order valence-corrected chi connectivity index (χ4v) is 7.55. The average molecular weight is 375 g/mol. The minimum Gasteiger partial charge on any atom is -0.397 e. The molecule has 0 amide bonds. The van der Waals surface area contributed by atoms with Crippen molar-refractivity contribution in [1.82, 2.24) is 9.47 Å². The summed E-state index contributed by atoms with van der Waals surface area (Å²) >= 11 is 0. The Kier molecular flexibility index (Phi) is 9.14. The van der Waals surface area contributed by atoms with Crippen LogP contribution in [0.2, 0.25) is 24.2 Å². The maximum atomic E-state index is 5.84. The lowest BCUT2D eigenvalue weighted by molar-refractivity contribution is 0.158. The van der Waals surface area contributed by atoms with Gasteiger partial charge in [-0.05, 0) is 30.8 Å². The molecular weight excluding hydrogens is 332 g/mol. The topological polar surface area (TPSA) is 24.9 Å². The van der Waals surface area contributed by atoms with Crippen molar-refractivity contribution in [3.05, 3.63) is 0 Å². The van der Waals surface area contributed by atoms with Gasteiger partial charge >= 0.3 is 9.28 Å². The molecule has 0 aromatic carbocycles. The monoisotopic (exact) mass is 374 g/mol. The van der Waals surface area contributed by atoms with Crippen molar-refractivity contribution in [3.8, 4) is 0 Å². The molecule has 0 aliphatic carbocycles. The lowest BCUT2D eigenvalue weighted by Crippen LogP contribution is -2.61. The minimum absolute atomic E-state index is 0.441. The molecule has 1 heterocycles. The molecule has 1 aliphatic rings. The highest BCUT2D eigenvalue weighted by molar-refractivity contribution is 6.77. The van der Waals surface area contributed by atoms with Crippen molar-refractivity contribution in [1.29, 1.82) is 0 Å². The second-order valence-electron chi connectivity index (χ2n) is 8.78. The summed E-state index contributed by atoms with van der Waals surface area (Å²) < 4.78 is 14.5. The van der Waals surface area contributed by atoms with Gasteiger partial charge in [0.2, 0.25) is 0 Å². The van der Waals surface area contributed by atoms with Crippen LogP contribution >= 0.6 is 0 Å². The first-order valence-electron chi connectivity index (χ1n) is 9.82. The first-order chi connectivity index (χ1) is 11.1. The zero-order chi connectivity index (χ0) is 18.4. The Morgan fingerprint density at radius 1 is 1.00 bits per heavy atom. The summed E-state index contributed by atoms with van der Waals surface area (Å²) in [7, 11) is -2.80. The lowest BCUT2D eigenvalue weighted by Gasteiger charge is -2.49. The highest BCUT2D eigenvalue weighted by Crippen LogP contribution is 2.38. The van der Waals surface area contributed by atoms with Gasteiger partial charge in [-0.2, -0.15) is 0 Å². The molecule has 4 nitrogen and oxygen atoms in total. The molecule has 0 saturated carbocycles. The largest absolute Gasteiger partial charge is 0.397 e. The van der Waals surface area contributed by atoms with Crippen molar-refractivity contribution in [2.45, 2.75) is 65.7 Å². The van der Waals surface area contributed by atoms with Gasteiger partial charge in [0, 0.05) is 45.9 Å². The zero-order valence-electron chi connectivity index (χ0n) is 17.5. The van der Waals surface area contributed by atoms with Gasteiger partial charge in [-0.25, -0.2) is 0 Å². The molecule has 1 fully saturated rings. The number of rotatable bonds is 9. The van der Waals surface area contributed by atoms with E-state index in [9.17, 15) is 0 Å². The molecule has 0 aromatic rings. The molecule has 0 radical (unpaired) electrons. The van der Waals surface area contributed by atoms with E-state index in [1.54, 1.807) is 0 Å². The van der Waals surface area contributed by atoms with E-state index >= 15 is 0 Å². The molecule has 6 heteroatoms. The standard InChI is InChI=1S/C18H42N2O2Si2/c1-9-21-23(22-10-2)16-17(3)15-19-11-13-20(14-12-19)24(7,8)18(4,5)6/h17,23H,9-16H2,1-8H3. The van der Waals surface area contributed by atoms with E-state index in [4.69, 9.17) is 8.85 Å². The van der Waals surface area contributed by atoms with Crippen LogP contribution in [0.15, 0.2) is 0 Å². The number of hydrogen-bond donors (Lipinski definition) is 0. The lowest BCUT2D eigenvalue weighted by atomic mass is 10.2.